The largest absolute Gasteiger partial charge is 0.279 e. The van der Waals surface area contributed by atoms with Crippen molar-refractivity contribution in [3.63, 3.8) is 0 Å². The van der Waals surface area contributed by atoms with Crippen molar-refractivity contribution >= 4 is 9.39 Å². The first-order chi connectivity index (χ1) is 4.80. The standard InChI is InChI=1S/C9H22NP/c1-7(2)9(5,6)10(11)8(3)4/h7-8H,11H2,1-6H3. The summed E-state index contributed by atoms with van der Waals surface area (Å²) in [5.74, 6) is 0.683. The monoisotopic (exact) mass is 175 g/mol. The molecular weight excluding hydrogens is 153 g/mol. The van der Waals surface area contributed by atoms with Crippen LogP contribution >= 0.6 is 9.39 Å². The van der Waals surface area contributed by atoms with Gasteiger partial charge >= 0.3 is 0 Å². The lowest BCUT2D eigenvalue weighted by atomic mass is 9.90. The molecule has 0 aliphatic rings. The number of rotatable bonds is 3. The molecule has 0 amide bonds. The number of nitrogens with zero attached hydrogens (tertiary/aromatic N) is 1. The van der Waals surface area contributed by atoms with E-state index < -0.39 is 0 Å². The molecule has 11 heavy (non-hydrogen) atoms. The van der Waals surface area contributed by atoms with Crippen molar-refractivity contribution in [2.75, 3.05) is 0 Å². The Bertz CT molecular complexity index is 119. The lowest BCUT2D eigenvalue weighted by molar-refractivity contribution is 0.150. The Morgan fingerprint density at radius 1 is 1.09 bits per heavy atom. The molecule has 0 aromatic carbocycles. The van der Waals surface area contributed by atoms with Gasteiger partial charge in [0, 0.05) is 11.6 Å². The fourth-order valence-electron chi connectivity index (χ4n) is 0.964. The molecule has 0 radical (unpaired) electrons. The Balaban J connectivity index is 4.29. The van der Waals surface area contributed by atoms with E-state index in [0.717, 1.165) is 0 Å². The molecule has 68 valence electrons. The molecule has 1 unspecified atom stereocenters. The highest BCUT2D eigenvalue weighted by molar-refractivity contribution is 7.13. The van der Waals surface area contributed by atoms with Crippen LogP contribution in [0.2, 0.25) is 0 Å². The molecule has 0 aliphatic heterocycles. The molecule has 0 aromatic heterocycles. The van der Waals surface area contributed by atoms with E-state index in [1.54, 1.807) is 0 Å². The average Bonchev–Trinajstić information content (AvgIpc) is 1.85. The summed E-state index contributed by atoms with van der Waals surface area (Å²) in [4.78, 5) is 0. The van der Waals surface area contributed by atoms with Crippen LogP contribution in [0.15, 0.2) is 0 Å². The van der Waals surface area contributed by atoms with Crippen LogP contribution < -0.4 is 0 Å². The van der Waals surface area contributed by atoms with E-state index in [0.29, 0.717) is 12.0 Å². The third-order valence-electron chi connectivity index (χ3n) is 2.63. The van der Waals surface area contributed by atoms with E-state index in [2.05, 4.69) is 55.6 Å². The summed E-state index contributed by atoms with van der Waals surface area (Å²) in [5.41, 5.74) is 0.277. The molecule has 0 saturated heterocycles. The molecule has 0 fully saturated rings. The molecule has 0 bridgehead atoms. The molecule has 2 heteroatoms. The fraction of sp³-hybridized carbons (Fsp3) is 1.00. The normalized spacial score (nSPS) is 13.6. The molecule has 0 aliphatic carbocycles. The van der Waals surface area contributed by atoms with Crippen LogP contribution in [0, 0.1) is 5.92 Å². The minimum Gasteiger partial charge on any atom is -0.279 e. The van der Waals surface area contributed by atoms with Crippen LogP contribution in [0.3, 0.4) is 0 Å². The lowest BCUT2D eigenvalue weighted by Gasteiger charge is -2.41. The van der Waals surface area contributed by atoms with Gasteiger partial charge in [0.25, 0.3) is 0 Å². The molecule has 0 aromatic rings. The summed E-state index contributed by atoms with van der Waals surface area (Å²) in [6.45, 7) is 13.5. The van der Waals surface area contributed by atoms with Crippen LogP contribution in [-0.2, 0) is 0 Å². The first-order valence-electron chi connectivity index (χ1n) is 4.34. The quantitative estimate of drug-likeness (QED) is 0.596. The maximum atomic E-state index is 2.82. The topological polar surface area (TPSA) is 3.24 Å². The summed E-state index contributed by atoms with van der Waals surface area (Å²) in [6, 6.07) is 0.595. The molecule has 0 saturated carbocycles. The van der Waals surface area contributed by atoms with Crippen LogP contribution in [0.1, 0.15) is 41.5 Å². The van der Waals surface area contributed by atoms with Crippen molar-refractivity contribution in [2.24, 2.45) is 5.92 Å². The molecule has 1 nitrogen and oxygen atoms in total. The van der Waals surface area contributed by atoms with Gasteiger partial charge in [-0.1, -0.05) is 23.2 Å². The molecule has 0 heterocycles. The van der Waals surface area contributed by atoms with Gasteiger partial charge in [-0.3, -0.25) is 4.67 Å². The summed E-state index contributed by atoms with van der Waals surface area (Å²) in [6.07, 6.45) is 0. The van der Waals surface area contributed by atoms with Gasteiger partial charge in [0.05, 0.1) is 0 Å². The van der Waals surface area contributed by atoms with Crippen molar-refractivity contribution in [1.29, 1.82) is 0 Å². The fourth-order valence-corrected chi connectivity index (χ4v) is 1.26. The summed E-state index contributed by atoms with van der Waals surface area (Å²) in [7, 11) is 2.82. The Labute approximate surface area is 73.8 Å². The van der Waals surface area contributed by atoms with Crippen molar-refractivity contribution in [3.05, 3.63) is 0 Å². The molecule has 0 rings (SSSR count). The maximum Gasteiger partial charge on any atom is 0.0210 e. The third kappa shape index (κ3) is 2.72. The van der Waals surface area contributed by atoms with E-state index in [4.69, 9.17) is 0 Å². The van der Waals surface area contributed by atoms with Gasteiger partial charge in [-0.25, -0.2) is 0 Å². The zero-order chi connectivity index (χ0) is 9.23. The molecule has 0 spiro atoms. The van der Waals surface area contributed by atoms with Gasteiger partial charge in [-0.05, 0) is 33.6 Å². The predicted molar refractivity (Wildman–Crippen MR) is 55.6 cm³/mol. The average molecular weight is 175 g/mol. The van der Waals surface area contributed by atoms with E-state index in [1.165, 1.54) is 0 Å². The zero-order valence-electron chi connectivity index (χ0n) is 8.68. The highest BCUT2D eigenvalue weighted by Gasteiger charge is 2.28. The number of hydrogen-bond donors (Lipinski definition) is 0. The van der Waals surface area contributed by atoms with Crippen LogP contribution in [0.5, 0.6) is 0 Å². The Morgan fingerprint density at radius 2 is 1.45 bits per heavy atom. The SMILES string of the molecule is CC(C)N(P)C(C)(C)C(C)C. The van der Waals surface area contributed by atoms with E-state index in [1.807, 2.05) is 0 Å². The van der Waals surface area contributed by atoms with Crippen LogP contribution in [-0.4, -0.2) is 16.3 Å². The zero-order valence-corrected chi connectivity index (χ0v) is 9.83. The minimum absolute atomic E-state index is 0.277. The second-order valence-electron chi connectivity index (χ2n) is 4.31. The van der Waals surface area contributed by atoms with Gasteiger partial charge in [0.1, 0.15) is 0 Å². The minimum atomic E-state index is 0.277. The first kappa shape index (κ1) is 11.4. The highest BCUT2D eigenvalue weighted by Crippen LogP contribution is 2.29. The van der Waals surface area contributed by atoms with Crippen LogP contribution in [0.25, 0.3) is 0 Å². The van der Waals surface area contributed by atoms with E-state index >= 15 is 0 Å². The van der Waals surface area contributed by atoms with Gasteiger partial charge < -0.3 is 0 Å². The second kappa shape index (κ2) is 3.87. The number of hydrogen-bond acceptors (Lipinski definition) is 1. The smallest absolute Gasteiger partial charge is 0.0210 e. The Morgan fingerprint density at radius 3 is 1.55 bits per heavy atom. The molecular formula is C9H22NP. The summed E-state index contributed by atoms with van der Waals surface area (Å²) in [5, 5.41) is 0. The van der Waals surface area contributed by atoms with Gasteiger partial charge in [0.2, 0.25) is 0 Å². The predicted octanol–water partition coefficient (Wildman–Crippen LogP) is 2.92. The Hall–Kier alpha value is 0.390. The summed E-state index contributed by atoms with van der Waals surface area (Å²) < 4.78 is 2.34. The van der Waals surface area contributed by atoms with Crippen molar-refractivity contribution in [3.8, 4) is 0 Å². The second-order valence-corrected chi connectivity index (χ2v) is 4.87. The van der Waals surface area contributed by atoms with Gasteiger partial charge in [-0.2, -0.15) is 0 Å². The van der Waals surface area contributed by atoms with Crippen molar-refractivity contribution in [2.45, 2.75) is 53.1 Å². The Kier molecular flexibility index (Phi) is 4.00. The van der Waals surface area contributed by atoms with Crippen LogP contribution in [0.4, 0.5) is 0 Å². The van der Waals surface area contributed by atoms with E-state index in [-0.39, 0.29) is 5.54 Å². The molecule has 1 atom stereocenters. The maximum absolute atomic E-state index is 2.82. The highest BCUT2D eigenvalue weighted by atomic mass is 31.0. The van der Waals surface area contributed by atoms with Crippen molar-refractivity contribution in [1.82, 2.24) is 4.67 Å². The van der Waals surface area contributed by atoms with Crippen molar-refractivity contribution < 1.29 is 0 Å². The first-order valence-corrected chi connectivity index (χ1v) is 4.85. The lowest BCUT2D eigenvalue weighted by Crippen LogP contribution is -2.45. The van der Waals surface area contributed by atoms with Gasteiger partial charge in [-0.15, -0.1) is 0 Å². The van der Waals surface area contributed by atoms with E-state index in [9.17, 15) is 0 Å². The third-order valence-corrected chi connectivity index (χ3v) is 3.90. The summed E-state index contributed by atoms with van der Waals surface area (Å²) >= 11 is 0. The molecule has 0 N–H and O–H groups in total. The van der Waals surface area contributed by atoms with Gasteiger partial charge in [0.15, 0.2) is 0 Å².